The van der Waals surface area contributed by atoms with E-state index in [9.17, 15) is 20.4 Å². The lowest BCUT2D eigenvalue weighted by Gasteiger charge is -2.63. The number of benzene rings is 2. The van der Waals surface area contributed by atoms with Crippen molar-refractivity contribution in [2.75, 3.05) is 0 Å². The fraction of sp³-hybridized carbons (Fsp3) is 0.667. The zero-order chi connectivity index (χ0) is 28.3. The van der Waals surface area contributed by atoms with E-state index < -0.39 is 5.60 Å². The van der Waals surface area contributed by atoms with Crippen LogP contribution in [-0.2, 0) is 5.60 Å². The average molecular weight is 547 g/mol. The van der Waals surface area contributed by atoms with Crippen LogP contribution in [0.15, 0.2) is 60.7 Å². The minimum Gasteiger partial charge on any atom is -0.393 e. The molecule has 0 heterocycles. The Labute approximate surface area is 240 Å². The largest absolute Gasteiger partial charge is 0.393 e. The third-order valence-corrected chi connectivity index (χ3v) is 13.0. The van der Waals surface area contributed by atoms with Gasteiger partial charge < -0.3 is 20.4 Å². The Morgan fingerprint density at radius 1 is 0.825 bits per heavy atom. The highest BCUT2D eigenvalue weighted by molar-refractivity contribution is 5.35. The molecular weight excluding hydrogens is 496 g/mol. The molecule has 218 valence electrons. The van der Waals surface area contributed by atoms with Crippen LogP contribution in [0.5, 0.6) is 0 Å². The van der Waals surface area contributed by atoms with Crippen molar-refractivity contribution in [3.05, 3.63) is 71.8 Å². The quantitative estimate of drug-likeness (QED) is 0.343. The second-order valence-corrected chi connectivity index (χ2v) is 14.6. The first-order chi connectivity index (χ1) is 19.1. The number of aliphatic hydroxyl groups excluding tert-OH is 3. The summed E-state index contributed by atoms with van der Waals surface area (Å²) in [6, 6.07) is 20.1. The molecule has 2 aromatic carbocycles. The third kappa shape index (κ3) is 4.40. The van der Waals surface area contributed by atoms with Gasteiger partial charge in [0.25, 0.3) is 0 Å². The van der Waals surface area contributed by atoms with Crippen molar-refractivity contribution < 1.29 is 20.4 Å². The van der Waals surface area contributed by atoms with E-state index in [2.05, 4.69) is 20.8 Å². The molecule has 40 heavy (non-hydrogen) atoms. The predicted molar refractivity (Wildman–Crippen MR) is 158 cm³/mol. The Morgan fingerprint density at radius 3 is 2.08 bits per heavy atom. The molecule has 4 aliphatic carbocycles. The Morgan fingerprint density at radius 2 is 1.45 bits per heavy atom. The maximum Gasteiger partial charge on any atom is 0.115 e. The van der Waals surface area contributed by atoms with Gasteiger partial charge in [-0.25, -0.2) is 0 Å². The van der Waals surface area contributed by atoms with Crippen LogP contribution in [0.2, 0.25) is 0 Å². The Kier molecular flexibility index (Phi) is 7.47. The molecule has 0 bridgehead atoms. The molecular formula is C36H50O4. The van der Waals surface area contributed by atoms with E-state index in [0.717, 1.165) is 62.5 Å². The molecule has 6 rings (SSSR count). The van der Waals surface area contributed by atoms with Gasteiger partial charge in [0.1, 0.15) is 5.60 Å². The molecule has 4 heteroatoms. The van der Waals surface area contributed by atoms with Crippen LogP contribution in [0.1, 0.15) is 89.7 Å². The van der Waals surface area contributed by atoms with Gasteiger partial charge in [0.15, 0.2) is 0 Å². The lowest BCUT2D eigenvalue weighted by atomic mass is 9.43. The molecule has 0 radical (unpaired) electrons. The molecule has 4 aliphatic rings. The van der Waals surface area contributed by atoms with Crippen molar-refractivity contribution in [3.8, 4) is 0 Å². The number of hydrogen-bond donors (Lipinski definition) is 4. The molecule has 0 unspecified atom stereocenters. The topological polar surface area (TPSA) is 80.9 Å². The summed E-state index contributed by atoms with van der Waals surface area (Å²) in [5, 5.41) is 46.1. The molecule has 11 atom stereocenters. The summed E-state index contributed by atoms with van der Waals surface area (Å²) in [7, 11) is 0. The van der Waals surface area contributed by atoms with Crippen LogP contribution < -0.4 is 0 Å². The molecule has 0 aliphatic heterocycles. The average Bonchev–Trinajstić information content (AvgIpc) is 3.32. The van der Waals surface area contributed by atoms with E-state index >= 15 is 0 Å². The second kappa shape index (κ2) is 10.5. The first-order valence-electron chi connectivity index (χ1n) is 16.0. The second-order valence-electron chi connectivity index (χ2n) is 14.6. The van der Waals surface area contributed by atoms with Gasteiger partial charge in [-0.2, -0.15) is 0 Å². The summed E-state index contributed by atoms with van der Waals surface area (Å²) in [6.45, 7) is 7.04. The highest BCUT2D eigenvalue weighted by Crippen LogP contribution is 2.68. The van der Waals surface area contributed by atoms with Gasteiger partial charge in [-0.1, -0.05) is 81.4 Å². The zero-order valence-electron chi connectivity index (χ0n) is 24.6. The number of fused-ring (bicyclic) bond motifs is 5. The Bertz CT molecular complexity index is 1110. The van der Waals surface area contributed by atoms with E-state index in [1.54, 1.807) is 0 Å². The van der Waals surface area contributed by atoms with Gasteiger partial charge in [-0.15, -0.1) is 0 Å². The summed E-state index contributed by atoms with van der Waals surface area (Å²) in [6.07, 6.45) is 6.85. The summed E-state index contributed by atoms with van der Waals surface area (Å²) < 4.78 is 0. The van der Waals surface area contributed by atoms with E-state index in [1.807, 2.05) is 60.7 Å². The molecule has 0 amide bonds. The summed E-state index contributed by atoms with van der Waals surface area (Å²) in [5.74, 6) is 1.90. The lowest BCUT2D eigenvalue weighted by molar-refractivity contribution is -0.207. The SMILES string of the molecule is C[C@H](CCC(O)(c1ccccc1)c1ccccc1)[C@H]1CC[C@H]2[C@@H]3[C@H](O)C[C@H]4C[C@@H](O)CC[C@]4(C)[C@H]3C[C@@H](O)[C@]12C. The fourth-order valence-electron chi connectivity index (χ4n) is 10.7. The highest BCUT2D eigenvalue weighted by Gasteiger charge is 2.65. The Hall–Kier alpha value is -1.72. The first kappa shape index (κ1) is 28.4. The summed E-state index contributed by atoms with van der Waals surface area (Å²) >= 11 is 0. The van der Waals surface area contributed by atoms with E-state index in [4.69, 9.17) is 0 Å². The van der Waals surface area contributed by atoms with Crippen molar-refractivity contribution in [2.45, 2.75) is 102 Å². The minimum absolute atomic E-state index is 0.0942. The van der Waals surface area contributed by atoms with Gasteiger partial charge in [0.2, 0.25) is 0 Å². The molecule has 2 aromatic rings. The molecule has 4 fully saturated rings. The van der Waals surface area contributed by atoms with Crippen LogP contribution in [0.25, 0.3) is 0 Å². The molecule has 0 aromatic heterocycles. The van der Waals surface area contributed by atoms with Crippen molar-refractivity contribution in [3.63, 3.8) is 0 Å². The van der Waals surface area contributed by atoms with Gasteiger partial charge >= 0.3 is 0 Å². The van der Waals surface area contributed by atoms with Crippen LogP contribution in [0.3, 0.4) is 0 Å². The standard InChI is InChI=1S/C36H50O4/c1-23(16-19-36(40,24-10-6-4-7-11-24)25-12-8-5-9-13-25)28-14-15-29-33-30(22-32(39)35(28,29)3)34(2)18-17-27(37)20-26(34)21-31(33)38/h4-13,23,26-33,37-40H,14-22H2,1-3H3/t23-,26-,27+,28-,29+,30+,31-,32-,33+,34+,35-/m1/s1. The molecule has 0 spiro atoms. The van der Waals surface area contributed by atoms with Crippen molar-refractivity contribution in [1.29, 1.82) is 0 Å². The van der Waals surface area contributed by atoms with E-state index in [1.165, 1.54) is 0 Å². The lowest BCUT2D eigenvalue weighted by Crippen LogP contribution is -2.62. The third-order valence-electron chi connectivity index (χ3n) is 13.0. The van der Waals surface area contributed by atoms with E-state index in [-0.39, 0.29) is 35.1 Å². The van der Waals surface area contributed by atoms with Gasteiger partial charge in [0, 0.05) is 0 Å². The van der Waals surface area contributed by atoms with Crippen LogP contribution in [-0.4, -0.2) is 38.7 Å². The van der Waals surface area contributed by atoms with Crippen LogP contribution in [0.4, 0.5) is 0 Å². The molecule has 4 N–H and O–H groups in total. The molecule has 4 nitrogen and oxygen atoms in total. The zero-order valence-corrected chi connectivity index (χ0v) is 24.6. The highest BCUT2D eigenvalue weighted by atomic mass is 16.3. The van der Waals surface area contributed by atoms with Crippen molar-refractivity contribution >= 4 is 0 Å². The van der Waals surface area contributed by atoms with Crippen molar-refractivity contribution in [1.82, 2.24) is 0 Å². The Balaban J connectivity index is 1.24. The molecule has 4 saturated carbocycles. The summed E-state index contributed by atoms with van der Waals surface area (Å²) in [5.41, 5.74) is 0.666. The fourth-order valence-corrected chi connectivity index (χ4v) is 10.7. The monoisotopic (exact) mass is 546 g/mol. The van der Waals surface area contributed by atoms with Gasteiger partial charge in [-0.3, -0.25) is 0 Å². The first-order valence-corrected chi connectivity index (χ1v) is 16.0. The summed E-state index contributed by atoms with van der Waals surface area (Å²) in [4.78, 5) is 0. The normalized spacial score (nSPS) is 42.0. The number of hydrogen-bond acceptors (Lipinski definition) is 4. The maximum absolute atomic E-state index is 12.1. The maximum atomic E-state index is 12.1. The van der Waals surface area contributed by atoms with Crippen LogP contribution in [0, 0.1) is 46.3 Å². The van der Waals surface area contributed by atoms with Gasteiger partial charge in [-0.05, 0) is 115 Å². The smallest absolute Gasteiger partial charge is 0.115 e. The minimum atomic E-state index is -1.05. The predicted octanol–water partition coefficient (Wildman–Crippen LogP) is 6.30. The van der Waals surface area contributed by atoms with E-state index in [0.29, 0.717) is 36.0 Å². The van der Waals surface area contributed by atoms with Gasteiger partial charge in [0.05, 0.1) is 18.3 Å². The van der Waals surface area contributed by atoms with Crippen molar-refractivity contribution in [2.24, 2.45) is 46.3 Å². The van der Waals surface area contributed by atoms with Crippen LogP contribution >= 0.6 is 0 Å². The number of aliphatic hydroxyl groups is 4. The number of rotatable bonds is 6. The molecule has 0 saturated heterocycles.